The van der Waals surface area contributed by atoms with Crippen LogP contribution in [0.15, 0.2) is 170 Å². The van der Waals surface area contributed by atoms with Crippen molar-refractivity contribution in [1.29, 1.82) is 0 Å². The van der Waals surface area contributed by atoms with Crippen LogP contribution in [0.1, 0.15) is 324 Å². The second-order valence-corrected chi connectivity index (χ2v) is 41.8. The fourth-order valence-electron chi connectivity index (χ4n) is 28.5. The lowest BCUT2D eigenvalue weighted by atomic mass is 9.42. The van der Waals surface area contributed by atoms with Crippen molar-refractivity contribution in [2.45, 2.75) is 222 Å². The molecule has 12 aliphatic rings. The fraction of sp³-hybridized carbons (Fsp3) is 0.477. The van der Waals surface area contributed by atoms with Crippen molar-refractivity contribution in [3.8, 4) is 28.7 Å². The van der Waals surface area contributed by atoms with Crippen molar-refractivity contribution < 1.29 is 91.1 Å². The van der Waals surface area contributed by atoms with Crippen LogP contribution >= 0.6 is 0 Å². The Morgan fingerprint density at radius 2 is 0.719 bits per heavy atom. The average molecular weight is 1730 g/mol. The molecule has 20 rings (SSSR count). The molecule has 666 valence electrons. The molecule has 0 saturated heterocycles. The SMILES string of the molecule is CC(C)CC(C)C1CCC2C3CCC4CC(c5ccc(OOCc6ccc7c(c6)C(=O)OC7=O)cc5)(c5cccc(OC(=O)c6ccc7c(c6)C(=O)OC7=O)c5)CCC4(C)C3CCC12C.CC(C)CC(C)C1CCC2C3CCC4CC(c5ccc(OOCc6ccc7c(c6)C(=O)OC7=O)cc5)(c5cccc(Oc6ccc7c(c6)C(=O)OC7=O)c5)CCC4(C)C3CCC12C. The van der Waals surface area contributed by atoms with Crippen molar-refractivity contribution in [3.63, 3.8) is 0 Å². The maximum atomic E-state index is 13.6. The van der Waals surface area contributed by atoms with Gasteiger partial charge in [-0.1, -0.05) is 130 Å². The van der Waals surface area contributed by atoms with Gasteiger partial charge in [0.05, 0.1) is 50.1 Å². The topological polar surface area (TPSA) is 246 Å². The molecule has 128 heavy (non-hydrogen) atoms. The molecular weight excluding hydrogens is 1610 g/mol. The number of fused-ring (bicyclic) bond motifs is 14. The van der Waals surface area contributed by atoms with Crippen molar-refractivity contribution in [2.75, 3.05) is 0 Å². The summed E-state index contributed by atoms with van der Waals surface area (Å²) >= 11 is 0. The van der Waals surface area contributed by atoms with Crippen LogP contribution in [-0.2, 0) is 52.8 Å². The van der Waals surface area contributed by atoms with Crippen molar-refractivity contribution in [2.24, 2.45) is 105 Å². The van der Waals surface area contributed by atoms with Crippen LogP contribution in [-0.4, -0.2) is 53.7 Å². The monoisotopic (exact) mass is 1730 g/mol. The van der Waals surface area contributed by atoms with E-state index in [2.05, 4.69) is 118 Å². The molecule has 0 N–H and O–H groups in total. The molecule has 8 fully saturated rings. The minimum absolute atomic E-state index is 0.0542. The maximum Gasteiger partial charge on any atom is 0.347 e. The van der Waals surface area contributed by atoms with Gasteiger partial charge in [0.25, 0.3) is 0 Å². The molecule has 8 aromatic rings. The molecule has 4 aliphatic heterocycles. The fourth-order valence-corrected chi connectivity index (χ4v) is 28.5. The standard InChI is InChI=1S/C55H58O10.C54H58O9/c1-31(2)25-32(3)45-19-20-46-42-18-13-37-29-55(24-23-53(37,4)47(42)21-22-54(45,46)5,35-11-14-38(15-12-35)65-61-30-33-9-16-40-43(26-33)51(59)63-49(40)57)36-7-6-8-39(28-36)62-48(56)34-10-17-41-44(27-34)52(60)64-50(41)58;1-31(2)25-32(3)45-19-20-46-42-17-12-36-29-54(24-23-52(36,4)47(42)21-22-53(45,46)5,35-7-6-8-38(27-35)60-39-15-18-41-44(28-39)51(58)62-49(41)56)34-10-13-37(14-11-34)63-59-30-33-9-16-40-43(26-33)50(57)61-48(40)55/h6-12,14-17,26-28,31-32,37,42,45-47H,13,18-25,29-30H2,1-5H3;6-11,13-16,18,26-28,31-32,36,42,45-47H,12,17,19-25,29-30H2,1-5H3. The van der Waals surface area contributed by atoms with E-state index in [-0.39, 0.29) is 84.9 Å². The van der Waals surface area contributed by atoms with Gasteiger partial charge in [-0.3, -0.25) is 0 Å². The molecule has 18 unspecified atom stereocenters. The Bertz CT molecular complexity index is 5780. The molecule has 19 heteroatoms. The number of hydrogen-bond acceptors (Lipinski definition) is 19. The molecule has 8 saturated carbocycles. The minimum Gasteiger partial charge on any atom is -0.457 e. The van der Waals surface area contributed by atoms with Gasteiger partial charge in [-0.15, -0.1) is 0 Å². The van der Waals surface area contributed by atoms with Gasteiger partial charge < -0.3 is 38.2 Å². The lowest BCUT2D eigenvalue weighted by molar-refractivity contribution is -0.217. The minimum atomic E-state index is -0.776. The number of esters is 9. The van der Waals surface area contributed by atoms with Crippen LogP contribution in [0.25, 0.3) is 0 Å². The van der Waals surface area contributed by atoms with Crippen LogP contribution in [0, 0.1) is 105 Å². The van der Waals surface area contributed by atoms with E-state index in [1.54, 1.807) is 60.7 Å². The lowest BCUT2D eigenvalue weighted by Gasteiger charge is -2.63. The third-order valence-electron chi connectivity index (χ3n) is 34.4. The van der Waals surface area contributed by atoms with Gasteiger partial charge in [0.15, 0.2) is 11.5 Å². The van der Waals surface area contributed by atoms with E-state index in [0.717, 1.165) is 115 Å². The van der Waals surface area contributed by atoms with Gasteiger partial charge in [-0.2, -0.15) is 9.78 Å². The third-order valence-corrected chi connectivity index (χ3v) is 34.4. The number of carbonyl (C=O) groups excluding carboxylic acids is 9. The highest BCUT2D eigenvalue weighted by Crippen LogP contribution is 2.73. The molecule has 19 nitrogen and oxygen atoms in total. The van der Waals surface area contributed by atoms with Crippen molar-refractivity contribution >= 4 is 53.7 Å². The molecule has 0 bridgehead atoms. The molecule has 18 atom stereocenters. The summed E-state index contributed by atoms with van der Waals surface area (Å²) in [5, 5.41) is 0. The summed E-state index contributed by atoms with van der Waals surface area (Å²) in [6, 6.07) is 51.5. The van der Waals surface area contributed by atoms with Crippen LogP contribution < -0.4 is 19.2 Å². The van der Waals surface area contributed by atoms with E-state index >= 15 is 0 Å². The smallest absolute Gasteiger partial charge is 0.347 e. The summed E-state index contributed by atoms with van der Waals surface area (Å²) in [4.78, 5) is 133. The van der Waals surface area contributed by atoms with Gasteiger partial charge in [-0.05, 0) is 376 Å². The van der Waals surface area contributed by atoms with Gasteiger partial charge in [0, 0.05) is 10.8 Å². The van der Waals surface area contributed by atoms with Crippen LogP contribution in [0.5, 0.6) is 28.7 Å². The summed E-state index contributed by atoms with van der Waals surface area (Å²) in [7, 11) is 0. The normalized spacial score (nSPS) is 30.7. The molecule has 0 radical (unpaired) electrons. The number of carbonyl (C=O) groups is 9. The van der Waals surface area contributed by atoms with E-state index in [9.17, 15) is 43.2 Å². The summed E-state index contributed by atoms with van der Waals surface area (Å²) in [6.45, 7) is 25.3. The summed E-state index contributed by atoms with van der Waals surface area (Å²) in [5.41, 5.74) is 8.40. The van der Waals surface area contributed by atoms with Crippen LogP contribution in [0.3, 0.4) is 0 Å². The van der Waals surface area contributed by atoms with Gasteiger partial charge in [0.1, 0.15) is 30.5 Å². The molecule has 8 aliphatic carbocycles. The van der Waals surface area contributed by atoms with Gasteiger partial charge in [0.2, 0.25) is 0 Å². The second-order valence-electron chi connectivity index (χ2n) is 41.8. The molecule has 0 amide bonds. The maximum absolute atomic E-state index is 13.6. The van der Waals surface area contributed by atoms with Crippen molar-refractivity contribution in [3.05, 3.63) is 253 Å². The summed E-state index contributed by atoms with van der Waals surface area (Å²) in [6.07, 6.45) is 24.7. The lowest BCUT2D eigenvalue weighted by Crippen LogP contribution is -2.55. The average Bonchev–Trinajstić information content (AvgIpc) is 1.64. The first-order valence-electron chi connectivity index (χ1n) is 46.9. The Morgan fingerprint density at radius 3 is 1.16 bits per heavy atom. The molecule has 0 aromatic heterocycles. The van der Waals surface area contributed by atoms with E-state index in [0.29, 0.717) is 68.5 Å². The zero-order valence-corrected chi connectivity index (χ0v) is 75.1. The first-order valence-corrected chi connectivity index (χ1v) is 46.9. The van der Waals surface area contributed by atoms with E-state index in [1.165, 1.54) is 119 Å². The molecule has 4 heterocycles. The Morgan fingerprint density at radius 1 is 0.344 bits per heavy atom. The highest BCUT2D eigenvalue weighted by Gasteiger charge is 2.65. The Labute approximate surface area is 748 Å². The van der Waals surface area contributed by atoms with Crippen molar-refractivity contribution in [1.82, 2.24) is 0 Å². The predicted molar refractivity (Wildman–Crippen MR) is 476 cm³/mol. The Kier molecular flexibility index (Phi) is 22.7. The molecule has 8 aromatic carbocycles. The van der Waals surface area contributed by atoms with Crippen LogP contribution in [0.4, 0.5) is 0 Å². The Balaban J connectivity index is 0.000000167. The number of ether oxygens (including phenoxy) is 6. The zero-order valence-electron chi connectivity index (χ0n) is 75.1. The number of rotatable bonds is 22. The quantitative estimate of drug-likeness (QED) is 0.0153. The highest BCUT2D eigenvalue weighted by molar-refractivity contribution is 6.17. The number of benzene rings is 8. The molecular formula is C109H116O19. The Hall–Kier alpha value is -10.9. The van der Waals surface area contributed by atoms with E-state index in [4.69, 9.17) is 48.0 Å². The van der Waals surface area contributed by atoms with Gasteiger partial charge in [-0.25, -0.2) is 43.2 Å². The highest BCUT2D eigenvalue weighted by atomic mass is 17.2. The number of cyclic esters (lactones) is 8. The first kappa shape index (κ1) is 86.5. The first-order chi connectivity index (χ1) is 61.4. The second kappa shape index (κ2) is 33.6. The van der Waals surface area contributed by atoms with Crippen LogP contribution in [0.2, 0.25) is 0 Å². The third kappa shape index (κ3) is 15.3. The summed E-state index contributed by atoms with van der Waals surface area (Å²) < 4.78 is 31.5. The predicted octanol–water partition coefficient (Wildman–Crippen LogP) is 23.9. The largest absolute Gasteiger partial charge is 0.457 e. The summed E-state index contributed by atoms with van der Waals surface area (Å²) in [5.74, 6) is 6.92. The molecule has 0 spiro atoms. The van der Waals surface area contributed by atoms with E-state index in [1.807, 2.05) is 42.5 Å². The van der Waals surface area contributed by atoms with E-state index < -0.39 is 53.7 Å². The zero-order chi connectivity index (χ0) is 89.3. The number of hydrogen-bond donors (Lipinski definition) is 0. The van der Waals surface area contributed by atoms with Gasteiger partial charge >= 0.3 is 53.7 Å².